The van der Waals surface area contributed by atoms with Gasteiger partial charge in [0, 0.05) is 16.7 Å². The number of carbonyl (C=O) groups excluding carboxylic acids is 1. The molecule has 4 aliphatic carbocycles. The van der Waals surface area contributed by atoms with Gasteiger partial charge >= 0.3 is 5.97 Å². The van der Waals surface area contributed by atoms with Crippen molar-refractivity contribution in [2.75, 3.05) is 7.11 Å². The number of phenolic OH excluding ortho intramolecular Hbond substituents is 1. The summed E-state index contributed by atoms with van der Waals surface area (Å²) >= 11 is 6.60. The molecule has 2 aromatic carbocycles. The lowest BCUT2D eigenvalue weighted by molar-refractivity contribution is -0.134. The second-order valence-electron chi connectivity index (χ2n) is 9.33. The van der Waals surface area contributed by atoms with Gasteiger partial charge in [0.2, 0.25) is 0 Å². The lowest BCUT2D eigenvalue weighted by Crippen LogP contribution is -2.43. The first-order valence-corrected chi connectivity index (χ1v) is 11.3. The summed E-state index contributed by atoms with van der Waals surface area (Å²) in [4.78, 5) is 11.3. The molecular weight excluding hydrogens is 396 g/mol. The maximum Gasteiger partial charge on any atom is 0.330 e. The van der Waals surface area contributed by atoms with E-state index in [0.29, 0.717) is 28.5 Å². The topological polar surface area (TPSA) is 46.5 Å². The lowest BCUT2D eigenvalue weighted by atomic mass is 9.50. The molecule has 4 fully saturated rings. The normalized spacial score (nSPS) is 29.5. The summed E-state index contributed by atoms with van der Waals surface area (Å²) in [6.45, 7) is 0. The molecule has 6 rings (SSSR count). The highest BCUT2D eigenvalue weighted by Gasteiger charge is 2.49. The molecule has 156 valence electrons. The van der Waals surface area contributed by atoms with Crippen molar-refractivity contribution < 1.29 is 14.6 Å². The van der Waals surface area contributed by atoms with E-state index >= 15 is 0 Å². The molecule has 4 bridgehead atoms. The van der Waals surface area contributed by atoms with E-state index < -0.39 is 5.97 Å². The predicted molar refractivity (Wildman–Crippen MR) is 119 cm³/mol. The third kappa shape index (κ3) is 3.54. The van der Waals surface area contributed by atoms with Crippen LogP contribution in [0.1, 0.15) is 49.1 Å². The highest BCUT2D eigenvalue weighted by molar-refractivity contribution is 6.33. The Kier molecular flexibility index (Phi) is 5.10. The van der Waals surface area contributed by atoms with Crippen LogP contribution in [-0.2, 0) is 9.53 Å². The van der Waals surface area contributed by atoms with Crippen molar-refractivity contribution in [2.45, 2.75) is 38.0 Å². The molecule has 30 heavy (non-hydrogen) atoms. The fourth-order valence-corrected chi connectivity index (χ4v) is 6.82. The number of ether oxygens (including phenoxy) is 1. The Morgan fingerprint density at radius 1 is 1.03 bits per heavy atom. The highest BCUT2D eigenvalue weighted by Crippen LogP contribution is 2.60. The van der Waals surface area contributed by atoms with E-state index in [4.69, 9.17) is 11.6 Å². The van der Waals surface area contributed by atoms with Crippen molar-refractivity contribution in [1.82, 2.24) is 0 Å². The summed E-state index contributed by atoms with van der Waals surface area (Å²) in [5, 5.41) is 11.4. The fraction of sp³-hybridized carbons (Fsp3) is 0.423. The lowest BCUT2D eigenvalue weighted by Gasteiger charge is -2.54. The van der Waals surface area contributed by atoms with Crippen LogP contribution in [-0.4, -0.2) is 18.2 Å². The zero-order valence-corrected chi connectivity index (χ0v) is 17.9. The zero-order chi connectivity index (χ0) is 20.8. The highest BCUT2D eigenvalue weighted by atomic mass is 35.5. The molecule has 0 atom stereocenters. The smallest absolute Gasteiger partial charge is 0.330 e. The number of methoxy groups -OCH3 is 1. The standard InChI is InChI=1S/C26H27ClO3/c1-30-25(29)7-3-15-2-5-21(23(27)13-15)18-4-6-24(28)22(14-18)26-19-9-16-8-17(11-19)12-20(26)10-16/h2-7,13-14,16-17,19-20,26,28H,8-12H2,1H3. The molecule has 2 aromatic rings. The van der Waals surface area contributed by atoms with E-state index in [9.17, 15) is 9.90 Å². The SMILES string of the molecule is COC(=O)C=Cc1ccc(-c2ccc(O)c(C3C4CC5CC(C4)CC3C5)c2)c(Cl)c1. The molecule has 0 amide bonds. The number of esters is 1. The summed E-state index contributed by atoms with van der Waals surface area (Å²) in [6.07, 6.45) is 9.80. The number of hydrogen-bond acceptors (Lipinski definition) is 3. The van der Waals surface area contributed by atoms with E-state index in [1.807, 2.05) is 30.3 Å². The van der Waals surface area contributed by atoms with Gasteiger partial charge in [-0.05, 0) is 103 Å². The molecule has 0 saturated heterocycles. The summed E-state index contributed by atoms with van der Waals surface area (Å²) in [7, 11) is 1.36. The fourth-order valence-electron chi connectivity index (χ4n) is 6.52. The van der Waals surface area contributed by atoms with E-state index in [-0.39, 0.29) is 0 Å². The van der Waals surface area contributed by atoms with Crippen molar-refractivity contribution in [3.8, 4) is 16.9 Å². The largest absolute Gasteiger partial charge is 0.508 e. The number of carbonyl (C=O) groups is 1. The average molecular weight is 423 g/mol. The third-order valence-corrected chi connectivity index (χ3v) is 7.84. The number of hydrogen-bond donors (Lipinski definition) is 1. The van der Waals surface area contributed by atoms with Crippen LogP contribution in [0, 0.1) is 23.7 Å². The Balaban J connectivity index is 1.45. The summed E-state index contributed by atoms with van der Waals surface area (Å²) < 4.78 is 4.64. The number of aromatic hydroxyl groups is 1. The summed E-state index contributed by atoms with van der Waals surface area (Å²) in [5.74, 6) is 3.74. The quantitative estimate of drug-likeness (QED) is 0.455. The van der Waals surface area contributed by atoms with Crippen LogP contribution < -0.4 is 0 Å². The van der Waals surface area contributed by atoms with Gasteiger partial charge in [-0.2, -0.15) is 0 Å². The first kappa shape index (κ1) is 19.7. The molecule has 0 spiro atoms. The minimum atomic E-state index is -0.394. The summed E-state index contributed by atoms with van der Waals surface area (Å²) in [5.41, 5.74) is 3.92. The van der Waals surface area contributed by atoms with Crippen LogP contribution in [0.25, 0.3) is 17.2 Å². The molecule has 0 heterocycles. The van der Waals surface area contributed by atoms with E-state index in [1.165, 1.54) is 45.3 Å². The van der Waals surface area contributed by atoms with Crippen LogP contribution in [0.4, 0.5) is 0 Å². The maximum atomic E-state index is 11.3. The average Bonchev–Trinajstić information content (AvgIpc) is 2.72. The molecule has 4 heteroatoms. The molecule has 0 aliphatic heterocycles. The Bertz CT molecular complexity index is 981. The van der Waals surface area contributed by atoms with Crippen molar-refractivity contribution in [2.24, 2.45) is 23.7 Å². The number of benzene rings is 2. The van der Waals surface area contributed by atoms with Crippen LogP contribution in [0.3, 0.4) is 0 Å². The van der Waals surface area contributed by atoms with E-state index in [1.54, 1.807) is 6.08 Å². The molecule has 4 saturated carbocycles. The molecular formula is C26H27ClO3. The van der Waals surface area contributed by atoms with Gasteiger partial charge in [-0.15, -0.1) is 0 Å². The minimum absolute atomic E-state index is 0.394. The second-order valence-corrected chi connectivity index (χ2v) is 9.73. The van der Waals surface area contributed by atoms with Gasteiger partial charge in [0.25, 0.3) is 0 Å². The second kappa shape index (κ2) is 7.77. The molecule has 0 radical (unpaired) electrons. The van der Waals surface area contributed by atoms with Crippen LogP contribution in [0.15, 0.2) is 42.5 Å². The molecule has 0 aromatic heterocycles. The third-order valence-electron chi connectivity index (χ3n) is 7.53. The van der Waals surface area contributed by atoms with Crippen molar-refractivity contribution in [1.29, 1.82) is 0 Å². The van der Waals surface area contributed by atoms with Crippen LogP contribution in [0.2, 0.25) is 5.02 Å². The number of halogens is 1. The Morgan fingerprint density at radius 2 is 1.73 bits per heavy atom. The van der Waals surface area contributed by atoms with Crippen LogP contribution in [0.5, 0.6) is 5.75 Å². The van der Waals surface area contributed by atoms with E-state index in [0.717, 1.165) is 34.1 Å². The molecule has 1 N–H and O–H groups in total. The van der Waals surface area contributed by atoms with Crippen molar-refractivity contribution in [3.63, 3.8) is 0 Å². The number of phenols is 1. The first-order chi connectivity index (χ1) is 14.5. The number of rotatable bonds is 4. The molecule has 4 aliphatic rings. The van der Waals surface area contributed by atoms with Gasteiger partial charge in [-0.3, -0.25) is 0 Å². The van der Waals surface area contributed by atoms with Crippen LogP contribution >= 0.6 is 11.6 Å². The Hall–Kier alpha value is -2.26. The van der Waals surface area contributed by atoms with Gasteiger partial charge in [-0.1, -0.05) is 29.8 Å². The van der Waals surface area contributed by atoms with E-state index in [2.05, 4.69) is 10.8 Å². The molecule has 0 unspecified atom stereocenters. The van der Waals surface area contributed by atoms with Gasteiger partial charge in [0.1, 0.15) is 5.75 Å². The van der Waals surface area contributed by atoms with Gasteiger partial charge in [0.05, 0.1) is 7.11 Å². The predicted octanol–water partition coefficient (Wildman–Crippen LogP) is 6.44. The van der Waals surface area contributed by atoms with Crippen molar-refractivity contribution >= 4 is 23.6 Å². The van der Waals surface area contributed by atoms with Gasteiger partial charge < -0.3 is 9.84 Å². The monoisotopic (exact) mass is 422 g/mol. The minimum Gasteiger partial charge on any atom is -0.508 e. The van der Waals surface area contributed by atoms with Crippen molar-refractivity contribution in [3.05, 3.63) is 58.6 Å². The maximum absolute atomic E-state index is 11.3. The Labute approximate surface area is 182 Å². The van der Waals surface area contributed by atoms with Gasteiger partial charge in [-0.25, -0.2) is 4.79 Å². The zero-order valence-electron chi connectivity index (χ0n) is 17.2. The molecule has 3 nitrogen and oxygen atoms in total. The van der Waals surface area contributed by atoms with Gasteiger partial charge in [0.15, 0.2) is 0 Å². The first-order valence-electron chi connectivity index (χ1n) is 10.9. The Morgan fingerprint density at radius 3 is 2.37 bits per heavy atom. The summed E-state index contributed by atoms with van der Waals surface area (Å²) in [6, 6.07) is 11.7.